The minimum atomic E-state index is 0.504. The van der Waals surface area contributed by atoms with Crippen molar-refractivity contribution in [2.24, 2.45) is 5.73 Å². The second-order valence-electron chi connectivity index (χ2n) is 4.68. The molecule has 0 radical (unpaired) electrons. The average Bonchev–Trinajstić information content (AvgIpc) is 2.48. The van der Waals surface area contributed by atoms with E-state index in [1.165, 1.54) is 5.56 Å². The third-order valence-corrected chi connectivity index (χ3v) is 3.51. The highest BCUT2D eigenvalue weighted by Gasteiger charge is 2.09. The molecule has 0 spiro atoms. The highest BCUT2D eigenvalue weighted by atomic mass is 35.5. The molecule has 4 heteroatoms. The minimum absolute atomic E-state index is 0.504. The van der Waals surface area contributed by atoms with E-state index in [1.807, 2.05) is 49.5 Å². The summed E-state index contributed by atoms with van der Waals surface area (Å²) in [7, 11) is 3.71. The summed E-state index contributed by atoms with van der Waals surface area (Å²) in [5, 5.41) is 0.750. The molecule has 0 fully saturated rings. The Hall–Kier alpha value is -1.71. The van der Waals surface area contributed by atoms with E-state index in [2.05, 4.69) is 4.90 Å². The van der Waals surface area contributed by atoms with Gasteiger partial charge in [-0.1, -0.05) is 29.8 Å². The van der Waals surface area contributed by atoms with Crippen LogP contribution >= 0.6 is 11.6 Å². The Morgan fingerprint density at radius 1 is 1.15 bits per heavy atom. The largest absolute Gasteiger partial charge is 0.497 e. The zero-order valence-electron chi connectivity index (χ0n) is 11.8. The molecule has 0 aliphatic heterocycles. The Balaban J connectivity index is 2.23. The molecule has 2 aromatic carbocycles. The Morgan fingerprint density at radius 2 is 1.85 bits per heavy atom. The van der Waals surface area contributed by atoms with Crippen LogP contribution in [0, 0.1) is 0 Å². The Kier molecular flexibility index (Phi) is 4.88. The predicted octanol–water partition coefficient (Wildman–Crippen LogP) is 3.44. The topological polar surface area (TPSA) is 38.5 Å². The van der Waals surface area contributed by atoms with Gasteiger partial charge in [0.2, 0.25) is 0 Å². The summed E-state index contributed by atoms with van der Waals surface area (Å²) in [5.41, 5.74) is 9.19. The number of anilines is 1. The van der Waals surface area contributed by atoms with Gasteiger partial charge in [-0.2, -0.15) is 0 Å². The summed E-state index contributed by atoms with van der Waals surface area (Å²) in [4.78, 5) is 2.16. The van der Waals surface area contributed by atoms with E-state index in [-0.39, 0.29) is 0 Å². The lowest BCUT2D eigenvalue weighted by Crippen LogP contribution is -2.19. The first-order chi connectivity index (χ1) is 9.63. The van der Waals surface area contributed by atoms with Gasteiger partial charge in [0.1, 0.15) is 5.75 Å². The highest BCUT2D eigenvalue weighted by molar-refractivity contribution is 6.30. The fourth-order valence-electron chi connectivity index (χ4n) is 2.15. The van der Waals surface area contributed by atoms with E-state index in [4.69, 9.17) is 22.1 Å². The van der Waals surface area contributed by atoms with Gasteiger partial charge in [-0.25, -0.2) is 0 Å². The lowest BCUT2D eigenvalue weighted by atomic mass is 10.1. The molecule has 0 bridgehead atoms. The molecule has 0 unspecified atom stereocenters. The molecule has 20 heavy (non-hydrogen) atoms. The molecule has 0 saturated carbocycles. The van der Waals surface area contributed by atoms with Crippen molar-refractivity contribution in [1.82, 2.24) is 0 Å². The number of methoxy groups -OCH3 is 1. The summed E-state index contributed by atoms with van der Waals surface area (Å²) in [6.07, 6.45) is 0. The quantitative estimate of drug-likeness (QED) is 0.917. The number of benzene rings is 2. The van der Waals surface area contributed by atoms with Crippen molar-refractivity contribution in [3.8, 4) is 5.75 Å². The molecule has 0 atom stereocenters. The minimum Gasteiger partial charge on any atom is -0.497 e. The number of nitrogens with two attached hydrogens (primary N) is 1. The third-order valence-electron chi connectivity index (χ3n) is 3.26. The van der Waals surface area contributed by atoms with Crippen LogP contribution in [-0.4, -0.2) is 14.2 Å². The maximum Gasteiger partial charge on any atom is 0.120 e. The van der Waals surface area contributed by atoms with Gasteiger partial charge >= 0.3 is 0 Å². The Morgan fingerprint density at radius 3 is 2.45 bits per heavy atom. The second-order valence-corrected chi connectivity index (χ2v) is 5.12. The van der Waals surface area contributed by atoms with Crippen molar-refractivity contribution in [3.05, 3.63) is 58.6 Å². The highest BCUT2D eigenvalue weighted by Crippen LogP contribution is 2.26. The molecule has 0 aliphatic carbocycles. The molecule has 106 valence electrons. The van der Waals surface area contributed by atoms with Crippen LogP contribution in [0.4, 0.5) is 5.69 Å². The predicted molar refractivity (Wildman–Crippen MR) is 84.4 cm³/mol. The van der Waals surface area contributed by atoms with Gasteiger partial charge in [-0.3, -0.25) is 0 Å². The zero-order chi connectivity index (χ0) is 14.5. The normalized spacial score (nSPS) is 10.4. The van der Waals surface area contributed by atoms with Gasteiger partial charge < -0.3 is 15.4 Å². The monoisotopic (exact) mass is 290 g/mol. The van der Waals surface area contributed by atoms with Crippen LogP contribution in [-0.2, 0) is 13.1 Å². The van der Waals surface area contributed by atoms with E-state index in [1.54, 1.807) is 7.11 Å². The Bertz CT molecular complexity index is 569. The molecule has 2 N–H and O–H groups in total. The van der Waals surface area contributed by atoms with Gasteiger partial charge in [0, 0.05) is 36.9 Å². The molecule has 3 nitrogen and oxygen atoms in total. The van der Waals surface area contributed by atoms with Crippen molar-refractivity contribution in [1.29, 1.82) is 0 Å². The molecule has 0 aromatic heterocycles. The van der Waals surface area contributed by atoms with E-state index in [0.29, 0.717) is 6.54 Å². The summed E-state index contributed by atoms with van der Waals surface area (Å²) >= 11 is 5.91. The number of ether oxygens (including phenoxy) is 1. The van der Waals surface area contributed by atoms with Gasteiger partial charge in [0.15, 0.2) is 0 Å². The van der Waals surface area contributed by atoms with Crippen LogP contribution < -0.4 is 15.4 Å². The van der Waals surface area contributed by atoms with Crippen LogP contribution in [0.25, 0.3) is 0 Å². The molecule has 0 heterocycles. The molecule has 0 amide bonds. The maximum atomic E-state index is 5.91. The number of rotatable bonds is 5. The molecule has 0 saturated heterocycles. The van der Waals surface area contributed by atoms with Gasteiger partial charge in [0.05, 0.1) is 7.11 Å². The number of hydrogen-bond donors (Lipinski definition) is 1. The van der Waals surface area contributed by atoms with Crippen molar-refractivity contribution >= 4 is 17.3 Å². The molecule has 2 aromatic rings. The van der Waals surface area contributed by atoms with Crippen molar-refractivity contribution < 1.29 is 4.74 Å². The fourth-order valence-corrected chi connectivity index (χ4v) is 2.27. The summed E-state index contributed by atoms with van der Waals surface area (Å²) in [5.74, 6) is 0.833. The summed E-state index contributed by atoms with van der Waals surface area (Å²) in [6.45, 7) is 1.29. The van der Waals surface area contributed by atoms with Crippen molar-refractivity contribution in [2.75, 3.05) is 19.1 Å². The second kappa shape index (κ2) is 6.64. The zero-order valence-corrected chi connectivity index (χ0v) is 12.5. The van der Waals surface area contributed by atoms with Gasteiger partial charge in [0.25, 0.3) is 0 Å². The molecular formula is C16H19ClN2O. The average molecular weight is 291 g/mol. The molecule has 2 rings (SSSR count). The number of nitrogens with zero attached hydrogens (tertiary/aromatic N) is 1. The summed E-state index contributed by atoms with van der Waals surface area (Å²) in [6, 6.07) is 13.8. The van der Waals surface area contributed by atoms with E-state index in [0.717, 1.165) is 28.6 Å². The fraction of sp³-hybridized carbons (Fsp3) is 0.250. The summed E-state index contributed by atoms with van der Waals surface area (Å²) < 4.78 is 5.29. The SMILES string of the molecule is COc1ccc(CN)c(N(C)Cc2ccc(Cl)cc2)c1. The lowest BCUT2D eigenvalue weighted by Gasteiger charge is -2.23. The molecular weight excluding hydrogens is 272 g/mol. The van der Waals surface area contributed by atoms with Crippen LogP contribution in [0.5, 0.6) is 5.75 Å². The van der Waals surface area contributed by atoms with Crippen molar-refractivity contribution in [3.63, 3.8) is 0 Å². The van der Waals surface area contributed by atoms with Gasteiger partial charge in [-0.15, -0.1) is 0 Å². The van der Waals surface area contributed by atoms with Crippen LogP contribution in [0.1, 0.15) is 11.1 Å². The van der Waals surface area contributed by atoms with Gasteiger partial charge in [-0.05, 0) is 29.3 Å². The first-order valence-corrected chi connectivity index (χ1v) is 6.84. The van der Waals surface area contributed by atoms with E-state index in [9.17, 15) is 0 Å². The first-order valence-electron chi connectivity index (χ1n) is 6.46. The Labute approximate surface area is 124 Å². The van der Waals surface area contributed by atoms with Crippen LogP contribution in [0.3, 0.4) is 0 Å². The van der Waals surface area contributed by atoms with E-state index >= 15 is 0 Å². The number of halogens is 1. The van der Waals surface area contributed by atoms with Crippen molar-refractivity contribution in [2.45, 2.75) is 13.1 Å². The lowest BCUT2D eigenvalue weighted by molar-refractivity contribution is 0.414. The van der Waals surface area contributed by atoms with Crippen LogP contribution in [0.2, 0.25) is 5.02 Å². The molecule has 0 aliphatic rings. The number of hydrogen-bond acceptors (Lipinski definition) is 3. The first kappa shape index (κ1) is 14.7. The van der Waals surface area contributed by atoms with E-state index < -0.39 is 0 Å². The van der Waals surface area contributed by atoms with Crippen LogP contribution in [0.15, 0.2) is 42.5 Å². The third kappa shape index (κ3) is 3.44. The standard InChI is InChI=1S/C16H19ClN2O/c1-19(11-12-3-6-14(17)7-4-12)16-9-15(20-2)8-5-13(16)10-18/h3-9H,10-11,18H2,1-2H3. The smallest absolute Gasteiger partial charge is 0.120 e. The maximum absolute atomic E-state index is 5.91.